The van der Waals surface area contributed by atoms with Crippen molar-refractivity contribution in [1.29, 1.82) is 0 Å². The molecule has 0 fully saturated rings. The van der Waals surface area contributed by atoms with Crippen LogP contribution in [0.1, 0.15) is 361 Å². The predicted molar refractivity (Wildman–Crippen MR) is 330 cm³/mol. The van der Waals surface area contributed by atoms with Gasteiger partial charge in [0.2, 0.25) is 0 Å². The van der Waals surface area contributed by atoms with E-state index in [2.05, 4.69) is 69.4 Å². The Morgan fingerprint density at radius 1 is 0.263 bits per heavy atom. The van der Waals surface area contributed by atoms with Crippen molar-refractivity contribution in [3.63, 3.8) is 0 Å². The number of carbonyl (C=O) groups is 3. The van der Waals surface area contributed by atoms with Crippen molar-refractivity contribution in [3.05, 3.63) is 48.6 Å². The third-order valence-electron chi connectivity index (χ3n) is 15.1. The summed E-state index contributed by atoms with van der Waals surface area (Å²) < 4.78 is 17.0. The Morgan fingerprint density at radius 2 is 0.474 bits per heavy atom. The van der Waals surface area contributed by atoms with Gasteiger partial charge < -0.3 is 14.2 Å². The topological polar surface area (TPSA) is 78.9 Å². The second kappa shape index (κ2) is 64.9. The summed E-state index contributed by atoms with van der Waals surface area (Å²) in [5.41, 5.74) is 0. The van der Waals surface area contributed by atoms with Crippen molar-refractivity contribution in [3.8, 4) is 0 Å². The number of allylic oxidation sites excluding steroid dienone is 8. The van der Waals surface area contributed by atoms with Gasteiger partial charge in [0.1, 0.15) is 13.2 Å². The van der Waals surface area contributed by atoms with Crippen LogP contribution in [0.5, 0.6) is 0 Å². The Bertz CT molecular complexity index is 1310. The van der Waals surface area contributed by atoms with Gasteiger partial charge in [-0.1, -0.05) is 307 Å². The second-order valence-electron chi connectivity index (χ2n) is 22.7. The van der Waals surface area contributed by atoms with Crippen LogP contribution in [0.3, 0.4) is 0 Å². The van der Waals surface area contributed by atoms with Crippen LogP contribution in [0.15, 0.2) is 48.6 Å². The van der Waals surface area contributed by atoms with Crippen LogP contribution in [0.4, 0.5) is 0 Å². The summed E-state index contributed by atoms with van der Waals surface area (Å²) in [6.07, 6.45) is 81.2. The maximum absolute atomic E-state index is 12.9. The molecule has 0 radical (unpaired) electrons. The van der Waals surface area contributed by atoms with Gasteiger partial charge in [-0.3, -0.25) is 14.4 Å². The van der Waals surface area contributed by atoms with Crippen molar-refractivity contribution in [2.45, 2.75) is 367 Å². The highest BCUT2D eigenvalue weighted by Crippen LogP contribution is 2.18. The zero-order valence-corrected chi connectivity index (χ0v) is 51.0. The molecule has 0 rings (SSSR count). The van der Waals surface area contributed by atoms with Gasteiger partial charge in [-0.25, -0.2) is 0 Å². The highest BCUT2D eigenvalue weighted by molar-refractivity contribution is 5.71. The average Bonchev–Trinajstić information content (AvgIpc) is 3.42. The molecule has 1 atom stereocenters. The Balaban J connectivity index is 4.24. The maximum atomic E-state index is 12.9. The molecule has 0 aliphatic heterocycles. The van der Waals surface area contributed by atoms with E-state index in [1.807, 2.05) is 0 Å². The molecule has 0 aliphatic carbocycles. The van der Waals surface area contributed by atoms with Gasteiger partial charge in [-0.05, 0) is 83.5 Å². The van der Waals surface area contributed by atoms with E-state index in [-0.39, 0.29) is 31.1 Å². The molecule has 444 valence electrons. The van der Waals surface area contributed by atoms with Gasteiger partial charge in [0.25, 0.3) is 0 Å². The lowest BCUT2D eigenvalue weighted by molar-refractivity contribution is -0.167. The van der Waals surface area contributed by atoms with Gasteiger partial charge in [-0.2, -0.15) is 0 Å². The quantitative estimate of drug-likeness (QED) is 0.0261. The molecule has 0 aromatic heterocycles. The third-order valence-corrected chi connectivity index (χ3v) is 15.1. The van der Waals surface area contributed by atoms with Crippen molar-refractivity contribution >= 4 is 17.9 Å². The normalized spacial score (nSPS) is 12.3. The summed E-state index contributed by atoms with van der Waals surface area (Å²) in [6.45, 7) is 6.65. The molecule has 0 aliphatic rings. The molecular weight excluding hydrogens is 937 g/mol. The van der Waals surface area contributed by atoms with Gasteiger partial charge in [0.15, 0.2) is 6.10 Å². The van der Waals surface area contributed by atoms with Crippen molar-refractivity contribution < 1.29 is 28.6 Å². The van der Waals surface area contributed by atoms with E-state index in [0.29, 0.717) is 19.3 Å². The molecule has 76 heavy (non-hydrogen) atoms. The molecule has 0 amide bonds. The monoisotopic (exact) mass is 1060 g/mol. The fraction of sp³-hybridized carbons (Fsp3) is 0.843. The Morgan fingerprint density at radius 3 is 0.750 bits per heavy atom. The van der Waals surface area contributed by atoms with Gasteiger partial charge in [0.05, 0.1) is 0 Å². The van der Waals surface area contributed by atoms with Crippen molar-refractivity contribution in [1.82, 2.24) is 0 Å². The van der Waals surface area contributed by atoms with Crippen LogP contribution < -0.4 is 0 Å². The summed E-state index contributed by atoms with van der Waals surface area (Å²) >= 11 is 0. The fourth-order valence-corrected chi connectivity index (χ4v) is 9.98. The Hall–Kier alpha value is -2.63. The van der Waals surface area contributed by atoms with Crippen LogP contribution in [0.25, 0.3) is 0 Å². The highest BCUT2D eigenvalue weighted by atomic mass is 16.6. The van der Waals surface area contributed by atoms with E-state index in [1.165, 1.54) is 244 Å². The Labute approximate surface area is 473 Å². The first-order valence-corrected chi connectivity index (χ1v) is 33.6. The maximum Gasteiger partial charge on any atom is 0.306 e. The molecule has 0 N–H and O–H groups in total. The molecule has 1 unspecified atom stereocenters. The zero-order valence-electron chi connectivity index (χ0n) is 51.0. The highest BCUT2D eigenvalue weighted by Gasteiger charge is 2.19. The molecule has 0 bridgehead atoms. The van der Waals surface area contributed by atoms with Crippen molar-refractivity contribution in [2.75, 3.05) is 13.2 Å². The van der Waals surface area contributed by atoms with Gasteiger partial charge >= 0.3 is 17.9 Å². The summed E-state index contributed by atoms with van der Waals surface area (Å²) in [5, 5.41) is 0. The molecule has 0 aromatic carbocycles. The molecule has 0 aromatic rings. The lowest BCUT2D eigenvalue weighted by Gasteiger charge is -2.18. The second-order valence-corrected chi connectivity index (χ2v) is 22.7. The molecular formula is C70H128O6. The minimum atomic E-state index is -0.775. The minimum Gasteiger partial charge on any atom is -0.462 e. The number of esters is 3. The molecule has 6 nitrogen and oxygen atoms in total. The van der Waals surface area contributed by atoms with Crippen LogP contribution in [-0.4, -0.2) is 37.2 Å². The van der Waals surface area contributed by atoms with Gasteiger partial charge in [-0.15, -0.1) is 0 Å². The number of ether oxygens (including phenoxy) is 3. The summed E-state index contributed by atoms with van der Waals surface area (Å²) in [4.78, 5) is 38.3. The number of unbranched alkanes of at least 4 members (excludes halogenated alkanes) is 43. The number of carbonyl (C=O) groups excluding carboxylic acids is 3. The van der Waals surface area contributed by atoms with E-state index in [4.69, 9.17) is 14.2 Å². The van der Waals surface area contributed by atoms with E-state index < -0.39 is 6.10 Å². The first-order valence-electron chi connectivity index (χ1n) is 33.6. The first kappa shape index (κ1) is 73.4. The smallest absolute Gasteiger partial charge is 0.306 e. The average molecular weight is 1070 g/mol. The number of hydrogen-bond acceptors (Lipinski definition) is 6. The van der Waals surface area contributed by atoms with E-state index in [9.17, 15) is 14.4 Å². The summed E-state index contributed by atoms with van der Waals surface area (Å²) in [6, 6.07) is 0. The predicted octanol–water partition coefficient (Wildman–Crippen LogP) is 22.9. The summed E-state index contributed by atoms with van der Waals surface area (Å²) in [7, 11) is 0. The summed E-state index contributed by atoms with van der Waals surface area (Å²) in [5.74, 6) is -0.856. The van der Waals surface area contributed by atoms with Gasteiger partial charge in [0, 0.05) is 19.3 Å². The molecule has 6 heteroatoms. The zero-order chi connectivity index (χ0) is 55.0. The first-order chi connectivity index (χ1) is 37.5. The fourth-order valence-electron chi connectivity index (χ4n) is 9.98. The number of hydrogen-bond donors (Lipinski definition) is 0. The van der Waals surface area contributed by atoms with E-state index in [1.54, 1.807) is 0 Å². The SMILES string of the molecule is CCCCC/C=C\C/C=C\CCCCCCCCCC(=O)OC(COC(=O)CCCCCCCCCCCCCCCC)COC(=O)CCCCCCCCCCCCCCCCC/C=C\C/C=C\CCCCCCC. The van der Waals surface area contributed by atoms with E-state index >= 15 is 0 Å². The van der Waals surface area contributed by atoms with Crippen LogP contribution >= 0.6 is 0 Å². The lowest BCUT2D eigenvalue weighted by Crippen LogP contribution is -2.30. The van der Waals surface area contributed by atoms with Crippen LogP contribution in [0, 0.1) is 0 Å². The van der Waals surface area contributed by atoms with E-state index in [0.717, 1.165) is 77.0 Å². The largest absolute Gasteiger partial charge is 0.462 e. The molecule has 0 spiro atoms. The molecule has 0 saturated carbocycles. The van der Waals surface area contributed by atoms with Crippen molar-refractivity contribution in [2.24, 2.45) is 0 Å². The van der Waals surface area contributed by atoms with Crippen LogP contribution in [-0.2, 0) is 28.6 Å². The Kier molecular flexibility index (Phi) is 62.6. The standard InChI is InChI=1S/C70H128O6/c1-4-7-10-13-16-19-22-25-28-30-31-32-33-34-35-36-37-38-39-41-42-45-48-51-54-57-60-63-69(72)75-66-67(65-74-68(71)62-59-56-53-50-47-44-27-24-21-18-15-12-9-6-3)76-70(73)64-61-58-55-52-49-46-43-40-29-26-23-20-17-14-11-8-5-2/h17,20,22,25-26,29-31,67H,4-16,18-19,21,23-24,27-28,32-66H2,1-3H3/b20-17-,25-22-,29-26-,31-30-. The molecule has 0 heterocycles. The molecule has 0 saturated heterocycles. The number of rotatable bonds is 62. The minimum absolute atomic E-state index is 0.0717. The van der Waals surface area contributed by atoms with Crippen LogP contribution in [0.2, 0.25) is 0 Å². The lowest BCUT2D eigenvalue weighted by atomic mass is 10.0. The third kappa shape index (κ3) is 62.2.